The highest BCUT2D eigenvalue weighted by Gasteiger charge is 2.35. The molecule has 3 N–H and O–H groups in total. The van der Waals surface area contributed by atoms with Gasteiger partial charge in [0.15, 0.2) is 0 Å². The smallest absolute Gasteiger partial charge is 0.270 e. The largest absolute Gasteiger partial charge is 0.344 e. The van der Waals surface area contributed by atoms with Gasteiger partial charge in [-0.2, -0.15) is 5.10 Å². The summed E-state index contributed by atoms with van der Waals surface area (Å²) in [4.78, 5) is 54.6. The zero-order valence-corrected chi connectivity index (χ0v) is 27.3. The number of hydrogen-bond acceptors (Lipinski definition) is 5. The maximum atomic E-state index is 15.6. The first-order chi connectivity index (χ1) is 21.5. The summed E-state index contributed by atoms with van der Waals surface area (Å²) in [6, 6.07) is 4.40. The highest BCUT2D eigenvalue weighted by Crippen LogP contribution is 2.32. The molecule has 2 aliphatic rings. The molecule has 4 amide bonds. The van der Waals surface area contributed by atoms with Gasteiger partial charge in [0.25, 0.3) is 5.91 Å². The number of hydrogen-bond donors (Lipinski definition) is 3. The second-order valence-corrected chi connectivity index (χ2v) is 12.9. The highest BCUT2D eigenvalue weighted by atomic mass is 19.1. The lowest BCUT2D eigenvalue weighted by molar-refractivity contribution is -0.138. The van der Waals surface area contributed by atoms with E-state index in [-0.39, 0.29) is 29.8 Å². The molecule has 0 unspecified atom stereocenters. The van der Waals surface area contributed by atoms with E-state index in [2.05, 4.69) is 34.9 Å². The number of piperidine rings is 1. The van der Waals surface area contributed by atoms with Gasteiger partial charge in [-0.15, -0.1) is 0 Å². The molecule has 45 heavy (non-hydrogen) atoms. The SMILES string of the molecule is CCC(=O)N[C@@H](C(=O)N1CCC(C)CC1)[C@@H](C)c1ccc(NC(=O)[C@@H](NC(=O)c2ccnn2CC)[C@H]2CC[C@H](C)CC2)c(F)c1. The minimum absolute atomic E-state index is 0.0107. The van der Waals surface area contributed by atoms with E-state index in [0.717, 1.165) is 38.5 Å². The minimum atomic E-state index is -0.846. The molecule has 4 rings (SSSR count). The van der Waals surface area contributed by atoms with E-state index in [1.807, 2.05) is 6.92 Å². The van der Waals surface area contributed by atoms with Crippen molar-refractivity contribution in [3.8, 4) is 0 Å². The lowest BCUT2D eigenvalue weighted by atomic mass is 9.79. The molecule has 1 aliphatic carbocycles. The Hall–Kier alpha value is -3.76. The Labute approximate surface area is 265 Å². The first-order valence-corrected chi connectivity index (χ1v) is 16.5. The quantitative estimate of drug-likeness (QED) is 0.329. The summed E-state index contributed by atoms with van der Waals surface area (Å²) < 4.78 is 17.2. The van der Waals surface area contributed by atoms with Gasteiger partial charge in [0.05, 0.1) is 5.69 Å². The number of carbonyl (C=O) groups excluding carboxylic acids is 4. The van der Waals surface area contributed by atoms with Crippen molar-refractivity contribution in [3.05, 3.63) is 47.5 Å². The normalized spacial score (nSPS) is 21.0. The number of aryl methyl sites for hydroxylation is 1. The molecule has 1 aromatic heterocycles. The Kier molecular flexibility index (Phi) is 11.7. The van der Waals surface area contributed by atoms with Crippen molar-refractivity contribution in [1.29, 1.82) is 0 Å². The van der Waals surface area contributed by atoms with Crippen LogP contribution in [-0.4, -0.2) is 63.5 Å². The molecular formula is C34H49FN6O4. The van der Waals surface area contributed by atoms with Crippen LogP contribution in [0.2, 0.25) is 0 Å². The molecule has 1 saturated carbocycles. The monoisotopic (exact) mass is 624 g/mol. The number of halogens is 1. The lowest BCUT2D eigenvalue weighted by Gasteiger charge is -2.35. The maximum Gasteiger partial charge on any atom is 0.270 e. The summed E-state index contributed by atoms with van der Waals surface area (Å²) in [5, 5.41) is 12.7. The number of anilines is 1. The van der Waals surface area contributed by atoms with Crippen LogP contribution in [0.1, 0.15) is 102 Å². The molecular weight excluding hydrogens is 575 g/mol. The fourth-order valence-electron chi connectivity index (χ4n) is 6.43. The topological polar surface area (TPSA) is 125 Å². The highest BCUT2D eigenvalue weighted by molar-refractivity contribution is 6.00. The molecule has 1 aliphatic heterocycles. The molecule has 1 saturated heterocycles. The van der Waals surface area contributed by atoms with Crippen LogP contribution in [-0.2, 0) is 20.9 Å². The number of nitrogens with zero attached hydrogens (tertiary/aromatic N) is 3. The third-order valence-corrected chi connectivity index (χ3v) is 9.63. The molecule has 2 heterocycles. The van der Waals surface area contributed by atoms with E-state index in [4.69, 9.17) is 0 Å². The third-order valence-electron chi connectivity index (χ3n) is 9.63. The molecule has 2 fully saturated rings. The van der Waals surface area contributed by atoms with Crippen molar-refractivity contribution < 1.29 is 23.6 Å². The summed E-state index contributed by atoms with van der Waals surface area (Å²) in [5.74, 6) is -1.45. The Morgan fingerprint density at radius 2 is 1.62 bits per heavy atom. The van der Waals surface area contributed by atoms with Gasteiger partial charge in [-0.05, 0) is 74.1 Å². The van der Waals surface area contributed by atoms with Gasteiger partial charge in [-0.1, -0.05) is 46.6 Å². The fraction of sp³-hybridized carbons (Fsp3) is 0.618. The van der Waals surface area contributed by atoms with Crippen LogP contribution in [0.5, 0.6) is 0 Å². The molecule has 10 nitrogen and oxygen atoms in total. The van der Waals surface area contributed by atoms with Crippen LogP contribution in [0.4, 0.5) is 10.1 Å². The zero-order chi connectivity index (χ0) is 32.7. The van der Waals surface area contributed by atoms with Gasteiger partial charge in [-0.3, -0.25) is 23.9 Å². The van der Waals surface area contributed by atoms with Crippen molar-refractivity contribution in [2.24, 2.45) is 17.8 Å². The summed E-state index contributed by atoms with van der Waals surface area (Å²) in [6.07, 6.45) is 7.03. The first kappa shape index (κ1) is 34.1. The van der Waals surface area contributed by atoms with Crippen LogP contribution in [0, 0.1) is 23.6 Å². The molecule has 3 atom stereocenters. The van der Waals surface area contributed by atoms with E-state index in [1.165, 1.54) is 12.1 Å². The van der Waals surface area contributed by atoms with Crippen LogP contribution in [0.3, 0.4) is 0 Å². The number of nitrogens with one attached hydrogen (secondary N) is 3. The summed E-state index contributed by atoms with van der Waals surface area (Å²) in [5.41, 5.74) is 0.885. The van der Waals surface area contributed by atoms with Gasteiger partial charge in [0, 0.05) is 38.2 Å². The van der Waals surface area contributed by atoms with E-state index in [9.17, 15) is 19.2 Å². The standard InChI is InChI=1S/C34H49FN6O4/c1-6-29(42)38-30(34(45)40-18-15-22(4)16-19-40)23(5)25-12-13-27(26(35)20-25)37-33(44)31(24-10-8-21(3)9-11-24)39-32(43)28-14-17-36-41(28)7-2/h12-14,17,20-24,30-31H,6-11,15-16,18-19H2,1-5H3,(H,37,44)(H,38,42)(H,39,43)/t21-,23-,24-,30+,31-/m0/s1. The third kappa shape index (κ3) is 8.49. The van der Waals surface area contributed by atoms with Gasteiger partial charge < -0.3 is 20.9 Å². The van der Waals surface area contributed by atoms with Crippen LogP contribution in [0.15, 0.2) is 30.5 Å². The van der Waals surface area contributed by atoms with Crippen LogP contribution < -0.4 is 16.0 Å². The van der Waals surface area contributed by atoms with Crippen molar-refractivity contribution >= 4 is 29.3 Å². The number of amides is 4. The Morgan fingerprint density at radius 1 is 0.956 bits per heavy atom. The predicted molar refractivity (Wildman–Crippen MR) is 171 cm³/mol. The van der Waals surface area contributed by atoms with Gasteiger partial charge in [0.1, 0.15) is 23.6 Å². The Balaban J connectivity index is 1.52. The number of likely N-dealkylation sites (tertiary alicyclic amines) is 1. The molecule has 0 bridgehead atoms. The number of benzene rings is 1. The predicted octanol–water partition coefficient (Wildman–Crippen LogP) is 4.86. The fourth-order valence-corrected chi connectivity index (χ4v) is 6.43. The molecule has 11 heteroatoms. The van der Waals surface area contributed by atoms with Gasteiger partial charge in [-0.25, -0.2) is 4.39 Å². The molecule has 0 radical (unpaired) electrons. The first-order valence-electron chi connectivity index (χ1n) is 16.5. The van der Waals surface area contributed by atoms with Gasteiger partial charge >= 0.3 is 0 Å². The second-order valence-electron chi connectivity index (χ2n) is 12.9. The summed E-state index contributed by atoms with van der Waals surface area (Å²) >= 11 is 0. The number of rotatable bonds is 11. The van der Waals surface area contributed by atoms with Crippen LogP contribution in [0.25, 0.3) is 0 Å². The van der Waals surface area contributed by atoms with Crippen molar-refractivity contribution in [3.63, 3.8) is 0 Å². The second kappa shape index (κ2) is 15.5. The van der Waals surface area contributed by atoms with Crippen molar-refractivity contribution in [2.45, 2.75) is 104 Å². The van der Waals surface area contributed by atoms with E-state index >= 15 is 4.39 Å². The minimum Gasteiger partial charge on any atom is -0.344 e. The van der Waals surface area contributed by atoms with E-state index in [1.54, 1.807) is 41.8 Å². The summed E-state index contributed by atoms with van der Waals surface area (Å²) in [6.45, 7) is 11.5. The zero-order valence-electron chi connectivity index (χ0n) is 27.3. The Morgan fingerprint density at radius 3 is 2.24 bits per heavy atom. The molecule has 1 aromatic carbocycles. The molecule has 0 spiro atoms. The average Bonchev–Trinajstić information content (AvgIpc) is 3.53. The summed E-state index contributed by atoms with van der Waals surface area (Å²) in [7, 11) is 0. The Bertz CT molecular complexity index is 1350. The van der Waals surface area contributed by atoms with Crippen molar-refractivity contribution in [1.82, 2.24) is 25.3 Å². The number of aromatic nitrogens is 2. The lowest BCUT2D eigenvalue weighted by Crippen LogP contribution is -2.52. The van der Waals surface area contributed by atoms with Gasteiger partial charge in [0.2, 0.25) is 17.7 Å². The molecule has 246 valence electrons. The maximum absolute atomic E-state index is 15.6. The van der Waals surface area contributed by atoms with E-state index < -0.39 is 35.6 Å². The molecule has 2 aromatic rings. The number of carbonyl (C=O) groups is 4. The van der Waals surface area contributed by atoms with E-state index in [0.29, 0.717) is 42.7 Å². The average molecular weight is 625 g/mol. The van der Waals surface area contributed by atoms with Crippen molar-refractivity contribution in [2.75, 3.05) is 18.4 Å². The van der Waals surface area contributed by atoms with Crippen LogP contribution >= 0.6 is 0 Å².